The lowest BCUT2D eigenvalue weighted by atomic mass is 9.92. The van der Waals surface area contributed by atoms with E-state index < -0.39 is 24.8 Å². The summed E-state index contributed by atoms with van der Waals surface area (Å²) in [6.07, 6.45) is 4.97. The largest absolute Gasteiger partial charge is 0.450 e. The van der Waals surface area contributed by atoms with Crippen LogP contribution in [0, 0.1) is 0 Å². The molecule has 0 unspecified atom stereocenters. The summed E-state index contributed by atoms with van der Waals surface area (Å²) in [7, 11) is 0. The molecule has 2 atom stereocenters. The molecule has 2 N–H and O–H groups in total. The van der Waals surface area contributed by atoms with Gasteiger partial charge >= 0.3 is 5.97 Å². The van der Waals surface area contributed by atoms with Gasteiger partial charge in [0, 0.05) is 5.57 Å². The zero-order valence-corrected chi connectivity index (χ0v) is 11.3. The van der Waals surface area contributed by atoms with Gasteiger partial charge in [0.05, 0.1) is 18.3 Å². The molecule has 0 aromatic rings. The Morgan fingerprint density at radius 3 is 2.79 bits per heavy atom. The number of hydrogen-bond donors (Lipinski definition) is 2. The molecule has 1 aliphatic heterocycles. The Kier molecular flexibility index (Phi) is 4.22. The van der Waals surface area contributed by atoms with Crippen molar-refractivity contribution in [1.82, 2.24) is 0 Å². The van der Waals surface area contributed by atoms with Gasteiger partial charge in [-0.15, -0.1) is 0 Å². The maximum atomic E-state index is 11.7. The number of esters is 1. The van der Waals surface area contributed by atoms with Crippen LogP contribution in [0.4, 0.5) is 0 Å². The normalized spacial score (nSPS) is 34.0. The number of rotatable bonds is 1. The van der Waals surface area contributed by atoms with E-state index in [9.17, 15) is 15.0 Å². The average molecular weight is 264 g/mol. The van der Waals surface area contributed by atoms with Gasteiger partial charge < -0.3 is 14.9 Å². The van der Waals surface area contributed by atoms with Crippen molar-refractivity contribution in [3.8, 4) is 0 Å². The monoisotopic (exact) mass is 264 g/mol. The molecular formula is C15H20O4. The van der Waals surface area contributed by atoms with Crippen LogP contribution < -0.4 is 0 Å². The number of carbonyl (C=O) groups excluding carboxylic acids is 1. The molecule has 4 nitrogen and oxygen atoms in total. The molecule has 2 rings (SSSR count). The third-order valence-corrected chi connectivity index (χ3v) is 3.64. The summed E-state index contributed by atoms with van der Waals surface area (Å²) in [5.74, 6) is -0.522. The molecule has 0 aromatic heterocycles. The van der Waals surface area contributed by atoms with Crippen molar-refractivity contribution in [3.05, 3.63) is 34.4 Å². The van der Waals surface area contributed by atoms with Crippen LogP contribution in [0.3, 0.4) is 0 Å². The van der Waals surface area contributed by atoms with Gasteiger partial charge in [0.2, 0.25) is 0 Å². The summed E-state index contributed by atoms with van der Waals surface area (Å²) in [4.78, 5) is 11.7. The van der Waals surface area contributed by atoms with Crippen molar-refractivity contribution in [2.75, 3.05) is 6.61 Å². The lowest BCUT2D eigenvalue weighted by Crippen LogP contribution is -2.21. The van der Waals surface area contributed by atoms with Crippen LogP contribution in [0.15, 0.2) is 34.4 Å². The summed E-state index contributed by atoms with van der Waals surface area (Å²) >= 11 is 0. The third kappa shape index (κ3) is 2.96. The van der Waals surface area contributed by atoms with E-state index in [-0.39, 0.29) is 5.57 Å². The van der Waals surface area contributed by atoms with Crippen LogP contribution in [-0.2, 0) is 9.53 Å². The summed E-state index contributed by atoms with van der Waals surface area (Å²) in [5, 5.41) is 19.6. The number of allylic oxidation sites excluding steroid dienone is 2. The van der Waals surface area contributed by atoms with E-state index in [1.165, 1.54) is 0 Å². The molecule has 0 saturated carbocycles. The molecular weight excluding hydrogens is 244 g/mol. The first kappa shape index (κ1) is 14.0. The fraction of sp³-hybridized carbons (Fsp3) is 0.533. The number of carbonyl (C=O) groups is 1. The predicted octanol–water partition coefficient (Wildman–Crippen LogP) is 1.64. The molecule has 104 valence electrons. The van der Waals surface area contributed by atoms with Gasteiger partial charge in [-0.25, -0.2) is 4.79 Å². The molecule has 0 amide bonds. The van der Waals surface area contributed by atoms with Gasteiger partial charge in [-0.05, 0) is 39.2 Å². The van der Waals surface area contributed by atoms with Crippen molar-refractivity contribution >= 4 is 5.97 Å². The lowest BCUT2D eigenvalue weighted by molar-refractivity contribution is -0.138. The maximum Gasteiger partial charge on any atom is 0.337 e. The maximum absolute atomic E-state index is 11.7. The molecule has 0 saturated heterocycles. The minimum Gasteiger partial charge on any atom is -0.450 e. The first-order chi connectivity index (χ1) is 9.02. The van der Waals surface area contributed by atoms with E-state index in [4.69, 9.17) is 4.74 Å². The zero-order valence-electron chi connectivity index (χ0n) is 11.3. The molecule has 2 aliphatic rings. The fourth-order valence-corrected chi connectivity index (χ4v) is 2.60. The minimum absolute atomic E-state index is 0.204. The first-order valence-corrected chi connectivity index (χ1v) is 6.58. The minimum atomic E-state index is -0.781. The van der Waals surface area contributed by atoms with Crippen LogP contribution in [-0.4, -0.2) is 35.0 Å². The third-order valence-electron chi connectivity index (χ3n) is 3.64. The van der Waals surface area contributed by atoms with Gasteiger partial charge in [0.15, 0.2) is 0 Å². The van der Waals surface area contributed by atoms with Gasteiger partial charge in [-0.2, -0.15) is 0 Å². The Balaban J connectivity index is 2.43. The van der Waals surface area contributed by atoms with E-state index in [1.807, 2.05) is 19.9 Å². The molecule has 4 heteroatoms. The van der Waals surface area contributed by atoms with Crippen LogP contribution in [0.5, 0.6) is 0 Å². The Morgan fingerprint density at radius 2 is 2.11 bits per heavy atom. The van der Waals surface area contributed by atoms with Gasteiger partial charge in [-0.3, -0.25) is 0 Å². The van der Waals surface area contributed by atoms with Gasteiger partial charge in [0.1, 0.15) is 6.10 Å². The number of ether oxygens (including phenoxy) is 1. The van der Waals surface area contributed by atoms with Crippen LogP contribution in [0.25, 0.3) is 0 Å². The number of fused-ring (bicyclic) bond motifs is 1. The molecule has 1 heterocycles. The summed E-state index contributed by atoms with van der Waals surface area (Å²) < 4.78 is 5.25. The highest BCUT2D eigenvalue weighted by atomic mass is 16.5. The smallest absolute Gasteiger partial charge is 0.337 e. The zero-order chi connectivity index (χ0) is 14.0. The quantitative estimate of drug-likeness (QED) is 0.558. The van der Waals surface area contributed by atoms with Crippen LogP contribution in [0.2, 0.25) is 0 Å². The van der Waals surface area contributed by atoms with Crippen molar-refractivity contribution < 1.29 is 19.7 Å². The molecule has 0 bridgehead atoms. The van der Waals surface area contributed by atoms with Gasteiger partial charge in [-0.1, -0.05) is 17.2 Å². The highest BCUT2D eigenvalue weighted by Crippen LogP contribution is 2.31. The Labute approximate surface area is 113 Å². The summed E-state index contributed by atoms with van der Waals surface area (Å²) in [5.41, 5.74) is 2.93. The second-order valence-corrected chi connectivity index (χ2v) is 5.24. The molecule has 0 spiro atoms. The lowest BCUT2D eigenvalue weighted by Gasteiger charge is -2.19. The first-order valence-electron chi connectivity index (χ1n) is 6.58. The Morgan fingerprint density at radius 1 is 1.37 bits per heavy atom. The molecule has 0 radical (unpaired) electrons. The number of aliphatic hydroxyl groups excluding tert-OH is 2. The summed E-state index contributed by atoms with van der Waals surface area (Å²) in [6.45, 7) is 3.56. The van der Waals surface area contributed by atoms with Crippen molar-refractivity contribution in [1.29, 1.82) is 0 Å². The molecule has 1 aliphatic carbocycles. The van der Waals surface area contributed by atoms with Crippen molar-refractivity contribution in [2.45, 2.75) is 45.3 Å². The van der Waals surface area contributed by atoms with Crippen molar-refractivity contribution in [3.63, 3.8) is 0 Å². The molecule has 0 aromatic carbocycles. The topological polar surface area (TPSA) is 66.8 Å². The van der Waals surface area contributed by atoms with Crippen molar-refractivity contribution in [2.24, 2.45) is 0 Å². The van der Waals surface area contributed by atoms with E-state index in [0.717, 1.165) is 24.0 Å². The van der Waals surface area contributed by atoms with E-state index in [0.29, 0.717) is 12.0 Å². The standard InChI is InChI=1S/C15H20O4/c1-9-4-3-5-10(2)7-13-14(12(17)6-9)11(8-16)15(18)19-13/h4,7,12-13,16-17H,3,5-6,8H2,1-2H3/b9-4+,10-7+/t12-,13+/m0/s1. The average Bonchev–Trinajstić information content (AvgIpc) is 2.64. The van der Waals surface area contributed by atoms with E-state index >= 15 is 0 Å². The van der Waals surface area contributed by atoms with Crippen LogP contribution >= 0.6 is 0 Å². The second-order valence-electron chi connectivity index (χ2n) is 5.24. The van der Waals surface area contributed by atoms with E-state index in [2.05, 4.69) is 6.08 Å². The number of hydrogen-bond acceptors (Lipinski definition) is 4. The van der Waals surface area contributed by atoms with Crippen LogP contribution in [0.1, 0.15) is 33.1 Å². The highest BCUT2D eigenvalue weighted by molar-refractivity contribution is 5.93. The number of aliphatic hydroxyl groups is 2. The summed E-state index contributed by atoms with van der Waals surface area (Å²) in [6, 6.07) is 0. The van der Waals surface area contributed by atoms with E-state index in [1.54, 1.807) is 0 Å². The fourth-order valence-electron chi connectivity index (χ4n) is 2.60. The Bertz CT molecular complexity index is 471. The predicted molar refractivity (Wildman–Crippen MR) is 71.4 cm³/mol. The SMILES string of the molecule is C/C1=C\[C@H]2OC(=O)C(CO)=C2[C@@H](O)C/C(C)=C/CC1. The Hall–Kier alpha value is -1.39. The molecule has 19 heavy (non-hydrogen) atoms. The van der Waals surface area contributed by atoms with Gasteiger partial charge in [0.25, 0.3) is 0 Å². The highest BCUT2D eigenvalue weighted by Gasteiger charge is 2.36. The second kappa shape index (κ2) is 5.72. The molecule has 0 fully saturated rings.